The maximum Gasteiger partial charge on any atom is 0.160 e. The lowest BCUT2D eigenvalue weighted by atomic mass is 9.97. The first-order chi connectivity index (χ1) is 30.2. The maximum atomic E-state index is 5.32. The molecule has 3 aromatic heterocycles. The smallest absolute Gasteiger partial charge is 0.160 e. The van der Waals surface area contributed by atoms with Gasteiger partial charge >= 0.3 is 0 Å². The van der Waals surface area contributed by atoms with Gasteiger partial charge in [-0.05, 0) is 58.0 Å². The molecule has 5 nitrogen and oxygen atoms in total. The van der Waals surface area contributed by atoms with Crippen LogP contribution in [0.3, 0.4) is 0 Å². The highest BCUT2D eigenvalue weighted by Gasteiger charge is 2.20. The molecule has 0 N–H and O–H groups in total. The Labute approximate surface area is 354 Å². The molecule has 61 heavy (non-hydrogen) atoms. The van der Waals surface area contributed by atoms with Gasteiger partial charge in [0.15, 0.2) is 5.82 Å². The lowest BCUT2D eigenvalue weighted by Gasteiger charge is -2.13. The highest BCUT2D eigenvalue weighted by molar-refractivity contribution is 6.20. The summed E-state index contributed by atoms with van der Waals surface area (Å²) in [6.45, 7) is 2.17. The van der Waals surface area contributed by atoms with Gasteiger partial charge in [-0.1, -0.05) is 183 Å². The highest BCUT2D eigenvalue weighted by atomic mass is 15.1. The summed E-state index contributed by atoms with van der Waals surface area (Å²) in [4.78, 5) is 20.8. The summed E-state index contributed by atoms with van der Waals surface area (Å²) in [7, 11) is 0. The summed E-state index contributed by atoms with van der Waals surface area (Å²) >= 11 is 0. The quantitative estimate of drug-likeness (QED) is 0.144. The zero-order valence-electron chi connectivity index (χ0n) is 33.6. The first-order valence-electron chi connectivity index (χ1n) is 20.8. The van der Waals surface area contributed by atoms with Gasteiger partial charge in [-0.15, -0.1) is 0 Å². The number of pyridine rings is 1. The number of fused-ring (bicyclic) bond motifs is 5. The number of rotatable bonds is 8. The van der Waals surface area contributed by atoms with Crippen LogP contribution in [0.25, 0.3) is 106 Å². The number of imidazole rings is 1. The average Bonchev–Trinajstić information content (AvgIpc) is 3.74. The lowest BCUT2D eigenvalue weighted by molar-refractivity contribution is 0.908. The number of hydrogen-bond donors (Lipinski definition) is 0. The van der Waals surface area contributed by atoms with E-state index >= 15 is 0 Å². The molecule has 288 valence electrons. The molecule has 0 amide bonds. The number of hydrogen-bond acceptors (Lipinski definition) is 4. The summed E-state index contributed by atoms with van der Waals surface area (Å²) in [6, 6.07) is 72.2. The molecule has 8 aromatic carbocycles. The molecule has 3 heterocycles. The summed E-state index contributed by atoms with van der Waals surface area (Å²) < 4.78 is 2.29. The molecule has 5 heteroatoms. The van der Waals surface area contributed by atoms with Crippen molar-refractivity contribution in [3.8, 4) is 73.1 Å². The van der Waals surface area contributed by atoms with Gasteiger partial charge in [-0.2, -0.15) is 0 Å². The largest absolute Gasteiger partial charge is 0.296 e. The molecule has 0 spiro atoms. The zero-order chi connectivity index (χ0) is 40.7. The van der Waals surface area contributed by atoms with Gasteiger partial charge in [-0.25, -0.2) is 19.9 Å². The zero-order valence-corrected chi connectivity index (χ0v) is 33.6. The molecule has 0 bridgehead atoms. The first kappa shape index (κ1) is 36.1. The minimum absolute atomic E-state index is 0.687. The van der Waals surface area contributed by atoms with E-state index in [1.54, 1.807) is 0 Å². The normalized spacial score (nSPS) is 11.4. The van der Waals surface area contributed by atoms with Gasteiger partial charge in [0.05, 0.1) is 33.6 Å². The topological polar surface area (TPSA) is 56.5 Å². The fourth-order valence-corrected chi connectivity index (χ4v) is 8.52. The molecule has 0 radical (unpaired) electrons. The maximum absolute atomic E-state index is 5.32. The monoisotopic (exact) mass is 781 g/mol. The van der Waals surface area contributed by atoms with E-state index < -0.39 is 0 Å². The predicted molar refractivity (Wildman–Crippen MR) is 251 cm³/mol. The minimum atomic E-state index is 0.687. The molecule has 0 saturated heterocycles. The van der Waals surface area contributed by atoms with Gasteiger partial charge in [0.1, 0.15) is 5.82 Å². The van der Waals surface area contributed by atoms with Crippen LogP contribution in [-0.4, -0.2) is 24.5 Å². The molecule has 0 aliphatic carbocycles. The van der Waals surface area contributed by atoms with Crippen LogP contribution in [0, 0.1) is 0 Å². The van der Waals surface area contributed by atoms with Crippen molar-refractivity contribution in [2.75, 3.05) is 0 Å². The predicted octanol–water partition coefficient (Wildman–Crippen LogP) is 14.1. The van der Waals surface area contributed by atoms with Crippen molar-refractivity contribution in [3.63, 3.8) is 0 Å². The number of nitrogens with zero attached hydrogens (tertiary/aromatic N) is 5. The van der Waals surface area contributed by atoms with Crippen LogP contribution >= 0.6 is 0 Å². The van der Waals surface area contributed by atoms with Crippen LogP contribution in [0.2, 0.25) is 0 Å². The Kier molecular flexibility index (Phi) is 9.05. The SMILES string of the molecule is CCc1nc2c3c(-c4ccc(-c5ccc(-c6nc(-c7ccccc7)cc(-c7ccc(-c8ccccc8)cc7)n6)cc5)cc4)nc4ccccc4c3ccc2n1-c1ccccc1. The van der Waals surface area contributed by atoms with Crippen molar-refractivity contribution in [3.05, 3.63) is 212 Å². The number of aromatic nitrogens is 5. The molecular weight excluding hydrogens is 743 g/mol. The van der Waals surface area contributed by atoms with Crippen molar-refractivity contribution >= 4 is 32.7 Å². The van der Waals surface area contributed by atoms with Crippen LogP contribution in [0.1, 0.15) is 12.7 Å². The third-order valence-electron chi connectivity index (χ3n) is 11.6. The molecule has 0 atom stereocenters. The number of benzene rings is 8. The Bertz CT molecular complexity index is 3340. The third kappa shape index (κ3) is 6.63. The second-order valence-electron chi connectivity index (χ2n) is 15.3. The fourth-order valence-electron chi connectivity index (χ4n) is 8.52. The average molecular weight is 782 g/mol. The van der Waals surface area contributed by atoms with Crippen LogP contribution in [0.15, 0.2) is 206 Å². The van der Waals surface area contributed by atoms with Crippen LogP contribution in [-0.2, 0) is 6.42 Å². The summed E-state index contributed by atoms with van der Waals surface area (Å²) in [6.07, 6.45) is 0.809. The van der Waals surface area contributed by atoms with E-state index in [1.807, 2.05) is 24.3 Å². The standard InChI is InChI=1S/C56H39N5/c1-2-52-60-55-51(61(52)45-18-10-5-11-19-45)35-34-47-46-20-12-13-21-48(46)57-54(53(47)55)43-30-24-39(25-31-43)40-26-32-44(33-27-40)56-58-49(41-16-8-4-9-17-41)36-50(59-56)42-28-22-38(23-29-42)37-14-6-3-7-15-37/h3-36H,2H2,1H3. The molecular formula is C56H39N5. The molecule has 0 fully saturated rings. The second kappa shape index (κ2) is 15.3. The van der Waals surface area contributed by atoms with Crippen molar-refractivity contribution in [1.29, 1.82) is 0 Å². The van der Waals surface area contributed by atoms with E-state index in [4.69, 9.17) is 19.9 Å². The minimum Gasteiger partial charge on any atom is -0.296 e. The molecule has 0 aliphatic rings. The Morgan fingerprint density at radius 3 is 1.51 bits per heavy atom. The molecule has 0 unspecified atom stereocenters. The lowest BCUT2D eigenvalue weighted by Crippen LogP contribution is -1.99. The van der Waals surface area contributed by atoms with Gasteiger partial charge < -0.3 is 0 Å². The molecule has 0 saturated carbocycles. The fraction of sp³-hybridized carbons (Fsp3) is 0.0357. The van der Waals surface area contributed by atoms with Gasteiger partial charge in [0.25, 0.3) is 0 Å². The molecule has 11 aromatic rings. The van der Waals surface area contributed by atoms with Crippen molar-refractivity contribution in [2.24, 2.45) is 0 Å². The Morgan fingerprint density at radius 2 is 0.885 bits per heavy atom. The summed E-state index contributed by atoms with van der Waals surface area (Å²) in [5, 5.41) is 3.35. The molecule has 0 aliphatic heterocycles. The van der Waals surface area contributed by atoms with Gasteiger partial charge in [-0.3, -0.25) is 4.57 Å². The molecule has 11 rings (SSSR count). The van der Waals surface area contributed by atoms with Gasteiger partial charge in [0.2, 0.25) is 0 Å². The van der Waals surface area contributed by atoms with E-state index in [0.717, 1.165) is 101 Å². The summed E-state index contributed by atoms with van der Waals surface area (Å²) in [5.74, 6) is 1.71. The van der Waals surface area contributed by atoms with Crippen LogP contribution < -0.4 is 0 Å². The van der Waals surface area contributed by atoms with E-state index in [9.17, 15) is 0 Å². The van der Waals surface area contributed by atoms with E-state index in [1.165, 1.54) is 11.1 Å². The Morgan fingerprint density at radius 1 is 0.393 bits per heavy atom. The van der Waals surface area contributed by atoms with E-state index in [-0.39, 0.29) is 0 Å². The van der Waals surface area contributed by atoms with E-state index in [2.05, 4.69) is 193 Å². The van der Waals surface area contributed by atoms with E-state index in [0.29, 0.717) is 5.82 Å². The van der Waals surface area contributed by atoms with Crippen molar-refractivity contribution in [2.45, 2.75) is 13.3 Å². The summed E-state index contributed by atoms with van der Waals surface area (Å²) in [5.41, 5.74) is 15.5. The van der Waals surface area contributed by atoms with Crippen LogP contribution in [0.4, 0.5) is 0 Å². The Balaban J connectivity index is 0.958. The van der Waals surface area contributed by atoms with Gasteiger partial charge in [0, 0.05) is 45.1 Å². The third-order valence-corrected chi connectivity index (χ3v) is 11.6. The second-order valence-corrected chi connectivity index (χ2v) is 15.3. The number of para-hydroxylation sites is 2. The first-order valence-corrected chi connectivity index (χ1v) is 20.8. The number of aryl methyl sites for hydroxylation is 1. The Hall–Kier alpha value is -8.02. The highest BCUT2D eigenvalue weighted by Crippen LogP contribution is 2.39. The van der Waals surface area contributed by atoms with Crippen molar-refractivity contribution < 1.29 is 0 Å². The van der Waals surface area contributed by atoms with Crippen LogP contribution in [0.5, 0.6) is 0 Å². The van der Waals surface area contributed by atoms with Crippen molar-refractivity contribution in [1.82, 2.24) is 24.5 Å².